The van der Waals surface area contributed by atoms with Crippen molar-refractivity contribution in [2.75, 3.05) is 7.11 Å². The van der Waals surface area contributed by atoms with Crippen LogP contribution in [-0.4, -0.2) is 29.6 Å². The number of hydrogen-bond donors (Lipinski definition) is 1. The minimum Gasteiger partial charge on any atom is -0.466 e. The van der Waals surface area contributed by atoms with Gasteiger partial charge in [-0.25, -0.2) is 4.79 Å². The fraction of sp³-hybridized carbons (Fsp3) is 0.467. The average molecular weight is 264 g/mol. The SMILES string of the molecule is COC(=O)/C=C/C=C/C1(O)C(C)=CC(=O)CC1(C)C. The highest BCUT2D eigenvalue weighted by atomic mass is 16.5. The van der Waals surface area contributed by atoms with Gasteiger partial charge in [-0.15, -0.1) is 0 Å². The Hall–Kier alpha value is -1.68. The highest BCUT2D eigenvalue weighted by Crippen LogP contribution is 2.43. The molecule has 4 heteroatoms. The standard InChI is InChI=1S/C15H20O4/c1-11-9-12(16)10-14(2,3)15(11,18)8-6-5-7-13(17)19-4/h5-9,18H,10H2,1-4H3/b7-5+,8-6+. The zero-order valence-corrected chi connectivity index (χ0v) is 11.8. The normalized spacial score (nSPS) is 26.8. The number of aliphatic hydroxyl groups is 1. The van der Waals surface area contributed by atoms with Gasteiger partial charge in [-0.3, -0.25) is 4.79 Å². The van der Waals surface area contributed by atoms with Crippen LogP contribution in [-0.2, 0) is 14.3 Å². The molecule has 0 amide bonds. The Morgan fingerprint density at radius 2 is 2.05 bits per heavy atom. The van der Waals surface area contributed by atoms with Crippen molar-refractivity contribution in [3.8, 4) is 0 Å². The molecule has 1 N–H and O–H groups in total. The van der Waals surface area contributed by atoms with Crippen molar-refractivity contribution in [1.29, 1.82) is 0 Å². The summed E-state index contributed by atoms with van der Waals surface area (Å²) in [5, 5.41) is 10.8. The second-order valence-electron chi connectivity index (χ2n) is 5.36. The van der Waals surface area contributed by atoms with E-state index in [0.29, 0.717) is 5.57 Å². The van der Waals surface area contributed by atoms with Crippen molar-refractivity contribution in [3.63, 3.8) is 0 Å². The van der Waals surface area contributed by atoms with E-state index in [1.807, 2.05) is 13.8 Å². The molecule has 0 saturated carbocycles. The Bertz CT molecular complexity index is 469. The monoisotopic (exact) mass is 264 g/mol. The molecule has 104 valence electrons. The van der Waals surface area contributed by atoms with Gasteiger partial charge in [0.25, 0.3) is 0 Å². The predicted octanol–water partition coefficient (Wildman–Crippen LogP) is 1.95. The Balaban J connectivity index is 2.98. The van der Waals surface area contributed by atoms with Gasteiger partial charge in [0.15, 0.2) is 5.78 Å². The van der Waals surface area contributed by atoms with Crippen LogP contribution in [0.4, 0.5) is 0 Å². The van der Waals surface area contributed by atoms with Gasteiger partial charge >= 0.3 is 5.97 Å². The van der Waals surface area contributed by atoms with Crippen LogP contribution in [0.15, 0.2) is 36.0 Å². The fourth-order valence-corrected chi connectivity index (χ4v) is 2.26. The Morgan fingerprint density at radius 1 is 1.42 bits per heavy atom. The first-order chi connectivity index (χ1) is 8.73. The summed E-state index contributed by atoms with van der Waals surface area (Å²) in [4.78, 5) is 22.5. The largest absolute Gasteiger partial charge is 0.466 e. The van der Waals surface area contributed by atoms with Crippen LogP contribution in [0.1, 0.15) is 27.2 Å². The summed E-state index contributed by atoms with van der Waals surface area (Å²) in [5.41, 5.74) is -1.17. The third kappa shape index (κ3) is 3.20. The summed E-state index contributed by atoms with van der Waals surface area (Å²) < 4.78 is 4.47. The fourth-order valence-electron chi connectivity index (χ4n) is 2.26. The minimum atomic E-state index is -1.19. The van der Waals surface area contributed by atoms with Crippen molar-refractivity contribution < 1.29 is 19.4 Å². The van der Waals surface area contributed by atoms with E-state index in [1.165, 1.54) is 25.3 Å². The second-order valence-corrected chi connectivity index (χ2v) is 5.36. The molecule has 0 bridgehead atoms. The number of ether oxygens (including phenoxy) is 1. The number of allylic oxidation sites excluding steroid dienone is 3. The lowest BCUT2D eigenvalue weighted by Gasteiger charge is -2.43. The Labute approximate surface area is 113 Å². The van der Waals surface area contributed by atoms with Gasteiger partial charge in [0.05, 0.1) is 7.11 Å². The van der Waals surface area contributed by atoms with Gasteiger partial charge in [-0.1, -0.05) is 26.0 Å². The van der Waals surface area contributed by atoms with Crippen LogP contribution in [0.25, 0.3) is 0 Å². The Morgan fingerprint density at radius 3 is 2.58 bits per heavy atom. The first kappa shape index (κ1) is 15.4. The lowest BCUT2D eigenvalue weighted by Crippen LogP contribution is -2.47. The first-order valence-corrected chi connectivity index (χ1v) is 6.11. The summed E-state index contributed by atoms with van der Waals surface area (Å²) in [7, 11) is 1.30. The van der Waals surface area contributed by atoms with E-state index in [2.05, 4.69) is 4.74 Å². The molecular weight excluding hydrogens is 244 g/mol. The molecule has 1 unspecified atom stereocenters. The lowest BCUT2D eigenvalue weighted by atomic mass is 9.64. The van der Waals surface area contributed by atoms with E-state index < -0.39 is 17.0 Å². The van der Waals surface area contributed by atoms with E-state index in [0.717, 1.165) is 0 Å². The highest BCUT2D eigenvalue weighted by Gasteiger charge is 2.46. The van der Waals surface area contributed by atoms with Crippen molar-refractivity contribution in [2.24, 2.45) is 5.41 Å². The van der Waals surface area contributed by atoms with Crippen LogP contribution < -0.4 is 0 Å². The molecule has 0 aromatic rings. The second kappa shape index (κ2) is 5.53. The summed E-state index contributed by atoms with van der Waals surface area (Å²) >= 11 is 0. The van der Waals surface area contributed by atoms with Gasteiger partial charge in [-0.2, -0.15) is 0 Å². The van der Waals surface area contributed by atoms with Crippen molar-refractivity contribution >= 4 is 11.8 Å². The quantitative estimate of drug-likeness (QED) is 0.481. The van der Waals surface area contributed by atoms with Gasteiger partial charge in [0, 0.05) is 17.9 Å². The number of hydrogen-bond acceptors (Lipinski definition) is 4. The summed E-state index contributed by atoms with van der Waals surface area (Å²) in [6, 6.07) is 0. The van der Waals surface area contributed by atoms with Gasteiger partial charge < -0.3 is 9.84 Å². The van der Waals surface area contributed by atoms with E-state index in [4.69, 9.17) is 0 Å². The van der Waals surface area contributed by atoms with Crippen LogP contribution in [0.5, 0.6) is 0 Å². The van der Waals surface area contributed by atoms with Crippen molar-refractivity contribution in [1.82, 2.24) is 0 Å². The summed E-state index contributed by atoms with van der Waals surface area (Å²) in [5.74, 6) is -0.437. The molecule has 1 rings (SSSR count). The molecule has 1 atom stereocenters. The topological polar surface area (TPSA) is 63.6 Å². The molecule has 19 heavy (non-hydrogen) atoms. The van der Waals surface area contributed by atoms with E-state index in [9.17, 15) is 14.7 Å². The maximum Gasteiger partial charge on any atom is 0.330 e. The number of esters is 1. The molecule has 0 fully saturated rings. The molecule has 0 spiro atoms. The molecule has 0 radical (unpaired) electrons. The van der Waals surface area contributed by atoms with Crippen LogP contribution in [0.3, 0.4) is 0 Å². The van der Waals surface area contributed by atoms with Crippen molar-refractivity contribution in [3.05, 3.63) is 36.0 Å². The molecule has 0 saturated heterocycles. The molecule has 0 aliphatic heterocycles. The molecule has 0 aromatic carbocycles. The van der Waals surface area contributed by atoms with Gasteiger partial charge in [-0.05, 0) is 24.6 Å². The summed E-state index contributed by atoms with van der Waals surface area (Å²) in [6.07, 6.45) is 7.71. The molecule has 0 aromatic heterocycles. The van der Waals surface area contributed by atoms with Crippen LogP contribution in [0, 0.1) is 5.41 Å². The van der Waals surface area contributed by atoms with E-state index in [-0.39, 0.29) is 12.2 Å². The number of carbonyl (C=O) groups is 2. The van der Waals surface area contributed by atoms with Crippen molar-refractivity contribution in [2.45, 2.75) is 32.8 Å². The lowest BCUT2D eigenvalue weighted by molar-refractivity contribution is -0.134. The van der Waals surface area contributed by atoms with E-state index >= 15 is 0 Å². The zero-order chi connectivity index (χ0) is 14.7. The number of methoxy groups -OCH3 is 1. The smallest absolute Gasteiger partial charge is 0.330 e. The first-order valence-electron chi connectivity index (χ1n) is 6.11. The molecular formula is C15H20O4. The average Bonchev–Trinajstić information content (AvgIpc) is 2.31. The highest BCUT2D eigenvalue weighted by molar-refractivity contribution is 5.92. The number of rotatable bonds is 3. The zero-order valence-electron chi connectivity index (χ0n) is 11.8. The van der Waals surface area contributed by atoms with Gasteiger partial charge in [0.1, 0.15) is 5.60 Å². The predicted molar refractivity (Wildman–Crippen MR) is 72.4 cm³/mol. The van der Waals surface area contributed by atoms with Crippen LogP contribution in [0.2, 0.25) is 0 Å². The minimum absolute atomic E-state index is 0.0191. The third-order valence-corrected chi connectivity index (χ3v) is 3.51. The van der Waals surface area contributed by atoms with Crippen LogP contribution >= 0.6 is 0 Å². The molecule has 4 nitrogen and oxygen atoms in total. The molecule has 1 aliphatic carbocycles. The third-order valence-electron chi connectivity index (χ3n) is 3.51. The Kier molecular flexibility index (Phi) is 4.48. The van der Waals surface area contributed by atoms with Gasteiger partial charge in [0.2, 0.25) is 0 Å². The number of ketones is 1. The molecule has 1 aliphatic rings. The number of carbonyl (C=O) groups excluding carboxylic acids is 2. The summed E-state index contributed by atoms with van der Waals surface area (Å²) in [6.45, 7) is 5.42. The maximum absolute atomic E-state index is 11.5. The maximum atomic E-state index is 11.5. The molecule has 0 heterocycles. The van der Waals surface area contributed by atoms with E-state index in [1.54, 1.807) is 19.1 Å².